The third-order valence-electron chi connectivity index (χ3n) is 5.91. The number of carbonyl (C=O) groups excluding carboxylic acids is 2. The summed E-state index contributed by atoms with van der Waals surface area (Å²) in [7, 11) is 0. The summed E-state index contributed by atoms with van der Waals surface area (Å²) in [4.78, 5) is 27.1. The normalized spacial score (nSPS) is 14.1. The van der Waals surface area contributed by atoms with Crippen LogP contribution in [-0.4, -0.2) is 24.2 Å². The maximum absolute atomic E-state index is 14.2. The van der Waals surface area contributed by atoms with Gasteiger partial charge < -0.3 is 10.2 Å². The summed E-state index contributed by atoms with van der Waals surface area (Å²) in [5.41, 5.74) is -4.76. The Labute approximate surface area is 200 Å². The van der Waals surface area contributed by atoms with Crippen LogP contribution in [0.3, 0.4) is 0 Å². The van der Waals surface area contributed by atoms with Crippen molar-refractivity contribution in [1.82, 2.24) is 0 Å². The summed E-state index contributed by atoms with van der Waals surface area (Å²) in [6.07, 6.45) is -12.5. The van der Waals surface area contributed by atoms with Gasteiger partial charge in [-0.3, -0.25) is 9.59 Å². The van der Waals surface area contributed by atoms with Crippen LogP contribution in [0.15, 0.2) is 66.7 Å². The summed E-state index contributed by atoms with van der Waals surface area (Å²) in [5, 5.41) is 2.35. The van der Waals surface area contributed by atoms with E-state index in [9.17, 15) is 40.3 Å². The van der Waals surface area contributed by atoms with Crippen LogP contribution in [-0.2, 0) is 12.2 Å². The maximum atomic E-state index is 14.2. The summed E-state index contributed by atoms with van der Waals surface area (Å²) < 4.78 is 91.8. The smallest absolute Gasteiger partial charge is 0.322 e. The number of rotatable bonds is 4. The van der Waals surface area contributed by atoms with Crippen molar-refractivity contribution in [2.45, 2.75) is 31.5 Å². The van der Waals surface area contributed by atoms with Crippen LogP contribution >= 0.6 is 0 Å². The highest BCUT2D eigenvalue weighted by molar-refractivity contribution is 6.11. The molecule has 0 aromatic heterocycles. The number of nitrogens with one attached hydrogen (secondary N) is 1. The Morgan fingerprint density at radius 1 is 0.861 bits per heavy atom. The number of carbonyl (C=O) groups is 2. The van der Waals surface area contributed by atoms with Gasteiger partial charge in [-0.05, 0) is 48.4 Å². The van der Waals surface area contributed by atoms with Crippen molar-refractivity contribution >= 4 is 23.2 Å². The predicted octanol–water partition coefficient (Wildman–Crippen LogP) is 6.70. The molecule has 0 saturated carbocycles. The zero-order chi connectivity index (χ0) is 26.5. The van der Waals surface area contributed by atoms with Gasteiger partial charge in [0.1, 0.15) is 0 Å². The van der Waals surface area contributed by atoms with Crippen molar-refractivity contribution in [2.24, 2.45) is 0 Å². The second-order valence-corrected chi connectivity index (χ2v) is 8.24. The minimum Gasteiger partial charge on any atom is -0.322 e. The second-order valence-electron chi connectivity index (χ2n) is 8.24. The van der Waals surface area contributed by atoms with Gasteiger partial charge in [0.2, 0.25) is 0 Å². The first kappa shape index (κ1) is 25.2. The Balaban J connectivity index is 1.56. The average molecular weight is 510 g/mol. The van der Waals surface area contributed by atoms with Crippen LogP contribution in [0.25, 0.3) is 0 Å². The molecule has 2 amide bonds. The lowest BCUT2D eigenvalue weighted by atomic mass is 9.94. The molecule has 0 saturated heterocycles. The first-order valence-electron chi connectivity index (χ1n) is 10.5. The maximum Gasteiger partial charge on any atom is 0.435 e. The number of hydrogen-bond donors (Lipinski definition) is 1. The Kier molecular flexibility index (Phi) is 6.06. The fourth-order valence-electron chi connectivity index (χ4n) is 3.96. The number of amides is 2. The molecule has 0 atom stereocenters. The van der Waals surface area contributed by atoms with Crippen LogP contribution in [0.4, 0.5) is 42.1 Å². The first-order valence-corrected chi connectivity index (χ1v) is 10.5. The standard InChI is InChI=1S/C25H17F7N2O2/c1-14-6-7-15(12-20(14)34-13-16-4-2-3-5-19(16)22(34)36)21(35)33-18-10-8-17(9-11-18)23(26,24(27,28)29)25(30,31)32/h2-12H,13H2,1H3,(H,33,35). The molecule has 0 spiro atoms. The predicted molar refractivity (Wildman–Crippen MR) is 117 cm³/mol. The molecule has 36 heavy (non-hydrogen) atoms. The van der Waals surface area contributed by atoms with Crippen molar-refractivity contribution < 1.29 is 40.3 Å². The van der Waals surface area contributed by atoms with E-state index in [1.165, 1.54) is 17.0 Å². The van der Waals surface area contributed by atoms with Crippen molar-refractivity contribution in [3.05, 3.63) is 94.5 Å². The van der Waals surface area contributed by atoms with E-state index in [4.69, 9.17) is 0 Å². The van der Waals surface area contributed by atoms with Crippen LogP contribution in [0.1, 0.15) is 37.4 Å². The van der Waals surface area contributed by atoms with Gasteiger partial charge in [0.15, 0.2) is 0 Å². The minimum absolute atomic E-state index is 0.0915. The Morgan fingerprint density at radius 2 is 1.47 bits per heavy atom. The van der Waals surface area contributed by atoms with Crippen molar-refractivity contribution in [2.75, 3.05) is 10.2 Å². The van der Waals surface area contributed by atoms with E-state index in [0.29, 0.717) is 35.5 Å². The Hall–Kier alpha value is -3.89. The molecule has 4 nitrogen and oxygen atoms in total. The number of aryl methyl sites for hydroxylation is 1. The molecule has 11 heteroatoms. The number of halogens is 7. The van der Waals surface area contributed by atoms with E-state index in [0.717, 1.165) is 17.7 Å². The molecule has 4 rings (SSSR count). The molecular formula is C25H17F7N2O2. The lowest BCUT2D eigenvalue weighted by Crippen LogP contribution is -2.50. The summed E-state index contributed by atoms with van der Waals surface area (Å²) in [6, 6.07) is 13.7. The third-order valence-corrected chi connectivity index (χ3v) is 5.91. The van der Waals surface area contributed by atoms with Crippen LogP contribution in [0, 0.1) is 6.92 Å². The van der Waals surface area contributed by atoms with E-state index in [1.54, 1.807) is 31.2 Å². The lowest BCUT2D eigenvalue weighted by molar-refractivity contribution is -0.348. The summed E-state index contributed by atoms with van der Waals surface area (Å²) in [5.74, 6) is -0.975. The molecule has 3 aromatic rings. The van der Waals surface area contributed by atoms with E-state index < -0.39 is 29.5 Å². The lowest BCUT2D eigenvalue weighted by Gasteiger charge is -2.30. The SMILES string of the molecule is Cc1ccc(C(=O)Nc2ccc(C(F)(C(F)(F)F)C(F)(F)F)cc2)cc1N1Cc2ccccc2C1=O. The van der Waals surface area contributed by atoms with E-state index in [2.05, 4.69) is 5.32 Å². The Bertz CT molecular complexity index is 1320. The van der Waals surface area contributed by atoms with Crippen molar-refractivity contribution in [3.63, 3.8) is 0 Å². The molecule has 3 aromatic carbocycles. The average Bonchev–Trinajstić information content (AvgIpc) is 3.14. The van der Waals surface area contributed by atoms with Gasteiger partial charge >= 0.3 is 18.0 Å². The largest absolute Gasteiger partial charge is 0.435 e. The van der Waals surface area contributed by atoms with Gasteiger partial charge in [-0.2, -0.15) is 26.3 Å². The van der Waals surface area contributed by atoms with Crippen LogP contribution < -0.4 is 10.2 Å². The molecule has 0 unspecified atom stereocenters. The number of hydrogen-bond acceptors (Lipinski definition) is 2. The highest BCUT2D eigenvalue weighted by atomic mass is 19.4. The van der Waals surface area contributed by atoms with Crippen LogP contribution in [0.5, 0.6) is 0 Å². The molecule has 1 aliphatic rings. The number of anilines is 2. The van der Waals surface area contributed by atoms with Crippen molar-refractivity contribution in [1.29, 1.82) is 0 Å². The third kappa shape index (κ3) is 4.18. The number of nitrogens with zero attached hydrogens (tertiary/aromatic N) is 1. The molecule has 188 valence electrons. The second kappa shape index (κ2) is 8.65. The quantitative estimate of drug-likeness (QED) is 0.398. The first-order chi connectivity index (χ1) is 16.7. The number of benzene rings is 3. The van der Waals surface area contributed by atoms with Crippen molar-refractivity contribution in [3.8, 4) is 0 Å². The van der Waals surface area contributed by atoms with Gasteiger partial charge in [0, 0.05) is 28.1 Å². The van der Waals surface area contributed by atoms with E-state index in [-0.39, 0.29) is 17.2 Å². The van der Waals surface area contributed by atoms with Gasteiger partial charge in [-0.1, -0.05) is 36.4 Å². The van der Waals surface area contributed by atoms with E-state index >= 15 is 0 Å². The zero-order valence-corrected chi connectivity index (χ0v) is 18.5. The minimum atomic E-state index is -6.24. The summed E-state index contributed by atoms with van der Waals surface area (Å²) in [6.45, 7) is 2.04. The fourth-order valence-corrected chi connectivity index (χ4v) is 3.96. The van der Waals surface area contributed by atoms with Crippen LogP contribution in [0.2, 0.25) is 0 Å². The number of alkyl halides is 7. The molecule has 0 fully saturated rings. The van der Waals surface area contributed by atoms with Gasteiger partial charge in [0.25, 0.3) is 11.8 Å². The molecule has 0 bridgehead atoms. The molecular weight excluding hydrogens is 493 g/mol. The topological polar surface area (TPSA) is 49.4 Å². The molecule has 1 N–H and O–H groups in total. The molecule has 0 radical (unpaired) electrons. The van der Waals surface area contributed by atoms with Gasteiger partial charge in [-0.25, -0.2) is 4.39 Å². The van der Waals surface area contributed by atoms with Gasteiger partial charge in [0.05, 0.1) is 6.54 Å². The highest BCUT2D eigenvalue weighted by Gasteiger charge is 2.73. The van der Waals surface area contributed by atoms with Gasteiger partial charge in [-0.15, -0.1) is 0 Å². The zero-order valence-electron chi connectivity index (χ0n) is 18.5. The number of fused-ring (bicyclic) bond motifs is 1. The fraction of sp³-hybridized carbons (Fsp3) is 0.200. The van der Waals surface area contributed by atoms with E-state index in [1.807, 2.05) is 6.07 Å². The monoisotopic (exact) mass is 510 g/mol. The summed E-state index contributed by atoms with van der Waals surface area (Å²) >= 11 is 0. The molecule has 0 aliphatic carbocycles. The highest BCUT2D eigenvalue weighted by Crippen LogP contribution is 2.53. The Morgan fingerprint density at radius 3 is 2.06 bits per heavy atom. The molecule has 1 heterocycles. The molecule has 1 aliphatic heterocycles.